The number of carbonyl (C=O) groups is 1. The number of carbonyl (C=O) groups excluding carboxylic acids is 1. The van der Waals surface area contributed by atoms with Gasteiger partial charge in [0, 0.05) is 12.1 Å². The summed E-state index contributed by atoms with van der Waals surface area (Å²) >= 11 is 0. The summed E-state index contributed by atoms with van der Waals surface area (Å²) in [5.41, 5.74) is 0.806. The summed E-state index contributed by atoms with van der Waals surface area (Å²) in [6.45, 7) is 0.444. The highest BCUT2D eigenvalue weighted by Gasteiger charge is 2.08. The maximum absolute atomic E-state index is 12.3. The highest BCUT2D eigenvalue weighted by Crippen LogP contribution is 2.17. The molecule has 0 radical (unpaired) electrons. The van der Waals surface area contributed by atoms with E-state index in [2.05, 4.69) is 15.3 Å². The molecule has 0 atom stereocenters. The monoisotopic (exact) mass is 339 g/mol. The number of rotatable bonds is 5. The molecule has 3 rings (SSSR count). The zero-order valence-corrected chi connectivity index (χ0v) is 13.6. The predicted molar refractivity (Wildman–Crippen MR) is 94.2 cm³/mol. The average molecular weight is 339 g/mol. The van der Waals surface area contributed by atoms with Crippen molar-refractivity contribution in [2.24, 2.45) is 0 Å². The summed E-state index contributed by atoms with van der Waals surface area (Å²) < 4.78 is 5.28. The molecule has 1 aromatic heterocycles. The number of benzene rings is 2. The summed E-state index contributed by atoms with van der Waals surface area (Å²) in [5, 5.41) is 2.83. The van der Waals surface area contributed by atoms with Gasteiger partial charge in [-0.3, -0.25) is 14.4 Å². The van der Waals surface area contributed by atoms with Crippen molar-refractivity contribution < 1.29 is 9.53 Å². The molecule has 0 aliphatic heterocycles. The first-order valence-corrected chi connectivity index (χ1v) is 7.75. The predicted octanol–water partition coefficient (Wildman–Crippen LogP) is 1.20. The van der Waals surface area contributed by atoms with E-state index >= 15 is 0 Å². The molecule has 0 saturated carbocycles. The zero-order valence-electron chi connectivity index (χ0n) is 13.6. The quantitative estimate of drug-likeness (QED) is 0.608. The van der Waals surface area contributed by atoms with Gasteiger partial charge < -0.3 is 20.0 Å². The Balaban J connectivity index is 1.71. The summed E-state index contributed by atoms with van der Waals surface area (Å²) in [7, 11) is 1.61. The molecule has 0 aliphatic carbocycles. The third kappa shape index (κ3) is 3.60. The number of methoxy groups -OCH3 is 1. The van der Waals surface area contributed by atoms with Crippen LogP contribution in [0.1, 0.15) is 15.9 Å². The second-order valence-corrected chi connectivity index (χ2v) is 5.49. The summed E-state index contributed by atoms with van der Waals surface area (Å²) in [5.74, 6) is 0.521. The Morgan fingerprint density at radius 2 is 1.76 bits per heavy atom. The number of aromatic nitrogens is 2. The first kappa shape index (κ1) is 16.5. The Bertz CT molecular complexity index is 1040. The first-order chi connectivity index (χ1) is 12.1. The van der Waals surface area contributed by atoms with Gasteiger partial charge in [-0.2, -0.15) is 0 Å². The van der Waals surface area contributed by atoms with Crippen LogP contribution in [0, 0.1) is 0 Å². The van der Waals surface area contributed by atoms with Crippen molar-refractivity contribution in [2.75, 3.05) is 13.7 Å². The number of ether oxygens (including phenoxy) is 1. The van der Waals surface area contributed by atoms with E-state index in [1.54, 1.807) is 19.2 Å². The van der Waals surface area contributed by atoms with Gasteiger partial charge in [0.05, 0.1) is 18.1 Å². The van der Waals surface area contributed by atoms with Gasteiger partial charge in [0.1, 0.15) is 5.75 Å². The van der Waals surface area contributed by atoms with Crippen molar-refractivity contribution in [1.82, 2.24) is 15.3 Å². The van der Waals surface area contributed by atoms with Crippen LogP contribution in [-0.4, -0.2) is 29.5 Å². The van der Waals surface area contributed by atoms with Crippen LogP contribution in [0.2, 0.25) is 0 Å². The molecule has 0 spiro atoms. The number of aromatic amines is 2. The molecule has 7 nitrogen and oxygen atoms in total. The fourth-order valence-corrected chi connectivity index (χ4v) is 2.58. The van der Waals surface area contributed by atoms with Crippen molar-refractivity contribution in [3.05, 3.63) is 74.3 Å². The normalized spacial score (nSPS) is 10.6. The van der Waals surface area contributed by atoms with Crippen LogP contribution in [0.15, 0.2) is 52.1 Å². The van der Waals surface area contributed by atoms with Crippen molar-refractivity contribution in [3.8, 4) is 5.75 Å². The highest BCUT2D eigenvalue weighted by molar-refractivity contribution is 5.97. The van der Waals surface area contributed by atoms with Crippen molar-refractivity contribution in [2.45, 2.75) is 6.42 Å². The fourth-order valence-electron chi connectivity index (χ4n) is 2.58. The molecule has 0 fully saturated rings. The van der Waals surface area contributed by atoms with Crippen molar-refractivity contribution in [3.63, 3.8) is 0 Å². The summed E-state index contributed by atoms with van der Waals surface area (Å²) in [6, 6.07) is 12.3. The van der Waals surface area contributed by atoms with Crippen molar-refractivity contribution in [1.29, 1.82) is 0 Å². The number of fused-ring (bicyclic) bond motifs is 1. The van der Waals surface area contributed by atoms with E-state index in [1.807, 2.05) is 24.3 Å². The second kappa shape index (κ2) is 7.04. The van der Waals surface area contributed by atoms with E-state index < -0.39 is 11.1 Å². The maximum Gasteiger partial charge on any atom is 0.314 e. The highest BCUT2D eigenvalue weighted by atomic mass is 16.5. The molecule has 25 heavy (non-hydrogen) atoms. The molecular weight excluding hydrogens is 322 g/mol. The Morgan fingerprint density at radius 3 is 2.52 bits per heavy atom. The number of amides is 1. The van der Waals surface area contributed by atoms with E-state index in [0.717, 1.165) is 11.3 Å². The lowest BCUT2D eigenvalue weighted by atomic mass is 10.1. The fraction of sp³-hybridized carbons (Fsp3) is 0.167. The largest absolute Gasteiger partial charge is 0.496 e. The van der Waals surface area contributed by atoms with Crippen LogP contribution < -0.4 is 21.2 Å². The van der Waals surface area contributed by atoms with E-state index in [-0.39, 0.29) is 5.91 Å². The standard InChI is InChI=1S/C18H17N3O4/c1-25-15-5-3-2-4-11(15)8-9-19-16(22)12-6-7-13-14(10-12)21-18(24)17(23)20-13/h2-7,10H,8-9H2,1H3,(H,19,22)(H,20,23)(H,21,24). The van der Waals surface area contributed by atoms with Crippen LogP contribution in [0.5, 0.6) is 5.75 Å². The number of H-pyrrole nitrogens is 2. The van der Waals surface area contributed by atoms with Crippen molar-refractivity contribution >= 4 is 16.9 Å². The number of hydrogen-bond acceptors (Lipinski definition) is 4. The Morgan fingerprint density at radius 1 is 1.04 bits per heavy atom. The molecule has 2 aromatic carbocycles. The molecule has 0 aliphatic rings. The molecule has 7 heteroatoms. The Labute approximate surface area is 142 Å². The third-order valence-electron chi connectivity index (χ3n) is 3.86. The molecular formula is C18H17N3O4. The molecule has 0 unspecified atom stereocenters. The smallest absolute Gasteiger partial charge is 0.314 e. The average Bonchev–Trinajstić information content (AvgIpc) is 2.62. The molecule has 1 amide bonds. The van der Waals surface area contributed by atoms with Crippen LogP contribution in [-0.2, 0) is 6.42 Å². The lowest BCUT2D eigenvalue weighted by Gasteiger charge is -2.09. The van der Waals surface area contributed by atoms with E-state index in [4.69, 9.17) is 4.74 Å². The lowest BCUT2D eigenvalue weighted by molar-refractivity contribution is 0.0954. The van der Waals surface area contributed by atoms with Crippen LogP contribution in [0.25, 0.3) is 11.0 Å². The topological polar surface area (TPSA) is 104 Å². The summed E-state index contributed by atoms with van der Waals surface area (Å²) in [6.07, 6.45) is 0.632. The minimum Gasteiger partial charge on any atom is -0.496 e. The molecule has 3 N–H and O–H groups in total. The van der Waals surface area contributed by atoms with Crippen LogP contribution in [0.4, 0.5) is 0 Å². The molecule has 0 bridgehead atoms. The number of hydrogen-bond donors (Lipinski definition) is 3. The molecule has 1 heterocycles. The summed E-state index contributed by atoms with van der Waals surface area (Å²) in [4.78, 5) is 39.9. The van der Waals surface area contributed by atoms with Crippen LogP contribution >= 0.6 is 0 Å². The number of para-hydroxylation sites is 1. The van der Waals surface area contributed by atoms with Crippen LogP contribution in [0.3, 0.4) is 0 Å². The second-order valence-electron chi connectivity index (χ2n) is 5.49. The van der Waals surface area contributed by atoms with Gasteiger partial charge in [0.15, 0.2) is 0 Å². The zero-order chi connectivity index (χ0) is 17.8. The third-order valence-corrected chi connectivity index (χ3v) is 3.86. The SMILES string of the molecule is COc1ccccc1CCNC(=O)c1ccc2[nH]c(=O)c(=O)[nH]c2c1. The maximum atomic E-state index is 12.3. The molecule has 128 valence electrons. The van der Waals surface area contributed by atoms with Gasteiger partial charge in [0.25, 0.3) is 5.91 Å². The van der Waals surface area contributed by atoms with Gasteiger partial charge in [-0.25, -0.2) is 0 Å². The molecule has 3 aromatic rings. The minimum atomic E-state index is -0.749. The Kier molecular flexibility index (Phi) is 4.65. The van der Waals surface area contributed by atoms with E-state index in [9.17, 15) is 14.4 Å². The van der Waals surface area contributed by atoms with Gasteiger partial charge in [0.2, 0.25) is 0 Å². The minimum absolute atomic E-state index is 0.260. The van der Waals surface area contributed by atoms with Gasteiger partial charge in [-0.15, -0.1) is 0 Å². The number of nitrogens with one attached hydrogen (secondary N) is 3. The Hall–Kier alpha value is -3.35. The van der Waals surface area contributed by atoms with Gasteiger partial charge in [-0.05, 0) is 36.2 Å². The van der Waals surface area contributed by atoms with E-state index in [0.29, 0.717) is 29.6 Å². The van der Waals surface area contributed by atoms with E-state index in [1.165, 1.54) is 6.07 Å². The first-order valence-electron chi connectivity index (χ1n) is 7.75. The molecule has 0 saturated heterocycles. The van der Waals surface area contributed by atoms with Gasteiger partial charge >= 0.3 is 11.1 Å². The lowest BCUT2D eigenvalue weighted by Crippen LogP contribution is -2.29. The van der Waals surface area contributed by atoms with Gasteiger partial charge in [-0.1, -0.05) is 18.2 Å².